The molecule has 0 unspecified atom stereocenters. The first kappa shape index (κ1) is 14.9. The fourth-order valence-electron chi connectivity index (χ4n) is 2.30. The van der Waals surface area contributed by atoms with Crippen LogP contribution in [0.3, 0.4) is 0 Å². The number of ether oxygens (including phenoxy) is 2. The maximum Gasteiger partial charge on any atom is 0.251 e. The van der Waals surface area contributed by atoms with Gasteiger partial charge < -0.3 is 14.8 Å². The van der Waals surface area contributed by atoms with Gasteiger partial charge in [-0.1, -0.05) is 6.92 Å². The molecule has 1 amide bonds. The molecule has 0 aliphatic carbocycles. The summed E-state index contributed by atoms with van der Waals surface area (Å²) >= 11 is 0. The fraction of sp³-hybridized carbons (Fsp3) is 0.562. The molecule has 1 N–H and O–H groups in total. The van der Waals surface area contributed by atoms with Crippen molar-refractivity contribution >= 4 is 5.91 Å². The monoisotopic (exact) mass is 277 g/mol. The number of hydrogen-bond acceptors (Lipinski definition) is 3. The zero-order valence-electron chi connectivity index (χ0n) is 12.2. The number of carbonyl (C=O) groups excluding carboxylic acids is 1. The summed E-state index contributed by atoms with van der Waals surface area (Å²) in [5, 5.41) is 3.00. The van der Waals surface area contributed by atoms with Crippen molar-refractivity contribution in [3.8, 4) is 5.75 Å². The van der Waals surface area contributed by atoms with Crippen LogP contribution in [0.15, 0.2) is 24.3 Å². The lowest BCUT2D eigenvalue weighted by Gasteiger charge is -2.20. The molecule has 0 saturated carbocycles. The summed E-state index contributed by atoms with van der Waals surface area (Å²) in [6.45, 7) is 5.55. The van der Waals surface area contributed by atoms with Crippen LogP contribution in [0, 0.1) is 0 Å². The molecule has 2 rings (SSSR count). The standard InChI is InChI=1S/C16H23NO3/c1-3-10-19-14-8-6-13(7-9-14)16(18)17-12(2)15-5-4-11-20-15/h6-9,12,15H,3-5,10-11H2,1-2H3,(H,17,18)/t12-,15-/m1/s1. The summed E-state index contributed by atoms with van der Waals surface area (Å²) in [4.78, 5) is 12.1. The Kier molecular flexibility index (Phi) is 5.41. The van der Waals surface area contributed by atoms with Crippen molar-refractivity contribution in [2.45, 2.75) is 45.3 Å². The number of carbonyl (C=O) groups is 1. The lowest BCUT2D eigenvalue weighted by Crippen LogP contribution is -2.40. The highest BCUT2D eigenvalue weighted by molar-refractivity contribution is 5.94. The van der Waals surface area contributed by atoms with E-state index in [2.05, 4.69) is 12.2 Å². The SMILES string of the molecule is CCCOc1ccc(C(=O)N[C@H](C)[C@H]2CCCO2)cc1. The highest BCUT2D eigenvalue weighted by atomic mass is 16.5. The Hall–Kier alpha value is -1.55. The van der Waals surface area contributed by atoms with E-state index in [4.69, 9.17) is 9.47 Å². The molecular weight excluding hydrogens is 254 g/mol. The molecule has 20 heavy (non-hydrogen) atoms. The maximum absolute atomic E-state index is 12.1. The predicted molar refractivity (Wildman–Crippen MR) is 78.1 cm³/mol. The zero-order valence-corrected chi connectivity index (χ0v) is 12.2. The second-order valence-corrected chi connectivity index (χ2v) is 5.19. The Bertz CT molecular complexity index is 424. The summed E-state index contributed by atoms with van der Waals surface area (Å²) < 4.78 is 11.1. The van der Waals surface area contributed by atoms with Crippen LogP contribution in [-0.2, 0) is 4.74 Å². The van der Waals surface area contributed by atoms with Crippen molar-refractivity contribution in [3.63, 3.8) is 0 Å². The van der Waals surface area contributed by atoms with Crippen LogP contribution in [0.5, 0.6) is 5.75 Å². The van der Waals surface area contributed by atoms with Gasteiger partial charge >= 0.3 is 0 Å². The number of nitrogens with one attached hydrogen (secondary N) is 1. The highest BCUT2D eigenvalue weighted by Crippen LogP contribution is 2.16. The number of hydrogen-bond donors (Lipinski definition) is 1. The molecule has 1 aromatic carbocycles. The van der Waals surface area contributed by atoms with Crippen molar-refractivity contribution in [2.24, 2.45) is 0 Å². The smallest absolute Gasteiger partial charge is 0.251 e. The number of amides is 1. The van der Waals surface area contributed by atoms with Gasteiger partial charge in [0.2, 0.25) is 0 Å². The van der Waals surface area contributed by atoms with Gasteiger partial charge in [0.1, 0.15) is 5.75 Å². The highest BCUT2D eigenvalue weighted by Gasteiger charge is 2.23. The maximum atomic E-state index is 12.1. The van der Waals surface area contributed by atoms with E-state index in [1.165, 1.54) is 0 Å². The minimum Gasteiger partial charge on any atom is -0.494 e. The van der Waals surface area contributed by atoms with Crippen molar-refractivity contribution < 1.29 is 14.3 Å². The van der Waals surface area contributed by atoms with Gasteiger partial charge in [-0.25, -0.2) is 0 Å². The molecule has 0 bridgehead atoms. The van der Waals surface area contributed by atoms with Crippen molar-refractivity contribution in [1.82, 2.24) is 5.32 Å². The average molecular weight is 277 g/mol. The summed E-state index contributed by atoms with van der Waals surface area (Å²) in [7, 11) is 0. The molecule has 110 valence electrons. The van der Waals surface area contributed by atoms with Crippen LogP contribution in [0.25, 0.3) is 0 Å². The third kappa shape index (κ3) is 3.97. The quantitative estimate of drug-likeness (QED) is 0.869. The summed E-state index contributed by atoms with van der Waals surface area (Å²) in [6.07, 6.45) is 3.21. The molecule has 1 aliphatic rings. The second-order valence-electron chi connectivity index (χ2n) is 5.19. The van der Waals surface area contributed by atoms with Gasteiger partial charge in [-0.05, 0) is 50.5 Å². The largest absolute Gasteiger partial charge is 0.494 e. The molecule has 1 aliphatic heterocycles. The van der Waals surface area contributed by atoms with Crippen LogP contribution in [0.4, 0.5) is 0 Å². The minimum absolute atomic E-state index is 0.0426. The van der Waals surface area contributed by atoms with Gasteiger partial charge in [0, 0.05) is 12.2 Å². The van der Waals surface area contributed by atoms with Crippen molar-refractivity contribution in [3.05, 3.63) is 29.8 Å². The second kappa shape index (κ2) is 7.29. The zero-order chi connectivity index (χ0) is 14.4. The van der Waals surface area contributed by atoms with Crippen LogP contribution < -0.4 is 10.1 Å². The Labute approximate surface area is 120 Å². The molecule has 1 saturated heterocycles. The van der Waals surface area contributed by atoms with Crippen molar-refractivity contribution in [1.29, 1.82) is 0 Å². The molecule has 1 aromatic rings. The van der Waals surface area contributed by atoms with Crippen LogP contribution in [0.1, 0.15) is 43.5 Å². The summed E-state index contributed by atoms with van der Waals surface area (Å²) in [6, 6.07) is 7.30. The molecule has 0 radical (unpaired) electrons. The van der Waals surface area contributed by atoms with E-state index in [1.807, 2.05) is 19.1 Å². The number of rotatable bonds is 6. The van der Waals surface area contributed by atoms with Gasteiger partial charge in [0.15, 0.2) is 0 Å². The van der Waals surface area contributed by atoms with E-state index in [1.54, 1.807) is 12.1 Å². The Morgan fingerprint density at radius 3 is 2.80 bits per heavy atom. The van der Waals surface area contributed by atoms with E-state index in [-0.39, 0.29) is 18.1 Å². The first-order chi connectivity index (χ1) is 9.70. The fourth-order valence-corrected chi connectivity index (χ4v) is 2.30. The van der Waals surface area contributed by atoms with E-state index in [0.29, 0.717) is 12.2 Å². The van der Waals surface area contributed by atoms with E-state index in [0.717, 1.165) is 31.6 Å². The van der Waals surface area contributed by atoms with E-state index < -0.39 is 0 Å². The van der Waals surface area contributed by atoms with E-state index >= 15 is 0 Å². The molecule has 0 spiro atoms. The Balaban J connectivity index is 1.88. The molecule has 4 heteroatoms. The van der Waals surface area contributed by atoms with Crippen molar-refractivity contribution in [2.75, 3.05) is 13.2 Å². The molecular formula is C16H23NO3. The third-order valence-electron chi connectivity index (χ3n) is 3.47. The summed E-state index contributed by atoms with van der Waals surface area (Å²) in [5.74, 6) is 0.741. The molecule has 2 atom stereocenters. The Morgan fingerprint density at radius 2 is 2.20 bits per heavy atom. The molecule has 4 nitrogen and oxygen atoms in total. The minimum atomic E-state index is -0.0601. The Morgan fingerprint density at radius 1 is 1.45 bits per heavy atom. The molecule has 0 aromatic heterocycles. The lowest BCUT2D eigenvalue weighted by molar-refractivity contribution is 0.0712. The van der Waals surface area contributed by atoms with Crippen LogP contribution in [0.2, 0.25) is 0 Å². The third-order valence-corrected chi connectivity index (χ3v) is 3.47. The molecule has 1 fully saturated rings. The lowest BCUT2D eigenvalue weighted by atomic mass is 10.1. The van der Waals surface area contributed by atoms with Gasteiger partial charge in [-0.2, -0.15) is 0 Å². The van der Waals surface area contributed by atoms with Gasteiger partial charge in [0.05, 0.1) is 18.8 Å². The topological polar surface area (TPSA) is 47.6 Å². The normalized spacial score (nSPS) is 19.6. The molecule has 1 heterocycles. The van der Waals surface area contributed by atoms with Gasteiger partial charge in [-0.15, -0.1) is 0 Å². The van der Waals surface area contributed by atoms with E-state index in [9.17, 15) is 4.79 Å². The van der Waals surface area contributed by atoms with Gasteiger partial charge in [0.25, 0.3) is 5.91 Å². The summed E-state index contributed by atoms with van der Waals surface area (Å²) in [5.41, 5.74) is 0.652. The predicted octanol–water partition coefficient (Wildman–Crippen LogP) is 2.77. The number of benzene rings is 1. The van der Waals surface area contributed by atoms with Crippen LogP contribution in [-0.4, -0.2) is 31.3 Å². The first-order valence-electron chi connectivity index (χ1n) is 7.36. The first-order valence-corrected chi connectivity index (χ1v) is 7.36. The average Bonchev–Trinajstić information content (AvgIpc) is 3.00. The van der Waals surface area contributed by atoms with Crippen LogP contribution >= 0.6 is 0 Å². The van der Waals surface area contributed by atoms with Gasteiger partial charge in [-0.3, -0.25) is 4.79 Å².